The molecule has 3 rings (SSSR count). The van der Waals surface area contributed by atoms with Crippen LogP contribution in [0.25, 0.3) is 0 Å². The summed E-state index contributed by atoms with van der Waals surface area (Å²) in [5.41, 5.74) is 5.20. The van der Waals surface area contributed by atoms with Crippen molar-refractivity contribution in [1.29, 1.82) is 0 Å². The Balaban J connectivity index is 1.65. The number of aromatic amines is 1. The average Bonchev–Trinajstić information content (AvgIpc) is 3.30. The summed E-state index contributed by atoms with van der Waals surface area (Å²) in [7, 11) is 0. The second kappa shape index (κ2) is 5.47. The van der Waals surface area contributed by atoms with Crippen molar-refractivity contribution in [2.75, 3.05) is 5.43 Å². The molecular formula is C15H17N5O. The molecule has 1 fully saturated rings. The number of anilines is 1. The minimum absolute atomic E-state index is 0.256. The van der Waals surface area contributed by atoms with E-state index < -0.39 is 0 Å². The summed E-state index contributed by atoms with van der Waals surface area (Å²) in [5.74, 6) is 1.26. The topological polar surface area (TPSA) is 83.0 Å². The number of aryl methyl sites for hydroxylation is 1. The molecule has 2 aromatic rings. The number of aromatic nitrogens is 3. The van der Waals surface area contributed by atoms with Gasteiger partial charge in [0.05, 0.1) is 0 Å². The van der Waals surface area contributed by atoms with Crippen molar-refractivity contribution < 1.29 is 0 Å². The third-order valence-electron chi connectivity index (χ3n) is 3.75. The van der Waals surface area contributed by atoms with Crippen molar-refractivity contribution >= 4 is 11.7 Å². The highest BCUT2D eigenvalue weighted by molar-refractivity contribution is 5.88. The first-order valence-electron chi connectivity index (χ1n) is 6.94. The predicted molar refractivity (Wildman–Crippen MR) is 81.4 cm³/mol. The lowest BCUT2D eigenvalue weighted by Crippen LogP contribution is -2.16. The zero-order valence-electron chi connectivity index (χ0n) is 12.0. The quantitative estimate of drug-likeness (QED) is 0.664. The molecular weight excluding hydrogens is 266 g/mol. The third kappa shape index (κ3) is 2.99. The van der Waals surface area contributed by atoms with E-state index >= 15 is 0 Å². The van der Waals surface area contributed by atoms with Gasteiger partial charge >= 0.3 is 0 Å². The second-order valence-corrected chi connectivity index (χ2v) is 5.31. The van der Waals surface area contributed by atoms with Gasteiger partial charge in [-0.15, -0.1) is 10.2 Å². The molecule has 0 radical (unpaired) electrons. The first-order chi connectivity index (χ1) is 10.1. The van der Waals surface area contributed by atoms with Crippen LogP contribution in [0.5, 0.6) is 0 Å². The summed E-state index contributed by atoms with van der Waals surface area (Å²) >= 11 is 0. The van der Waals surface area contributed by atoms with E-state index in [1.165, 1.54) is 5.56 Å². The summed E-state index contributed by atoms with van der Waals surface area (Å²) in [6.07, 6.45) is 1.11. The van der Waals surface area contributed by atoms with Crippen LogP contribution >= 0.6 is 0 Å². The van der Waals surface area contributed by atoms with Crippen molar-refractivity contribution in [2.45, 2.75) is 26.2 Å². The summed E-state index contributed by atoms with van der Waals surface area (Å²) in [4.78, 5) is 14.0. The van der Waals surface area contributed by atoms with Gasteiger partial charge in [0.1, 0.15) is 5.69 Å². The summed E-state index contributed by atoms with van der Waals surface area (Å²) in [6, 6.07) is 10.4. The Labute approximate surface area is 122 Å². The molecule has 6 nitrogen and oxygen atoms in total. The lowest BCUT2D eigenvalue weighted by atomic mass is 10.1. The Morgan fingerprint density at radius 3 is 2.81 bits per heavy atom. The molecule has 2 atom stereocenters. The van der Waals surface area contributed by atoms with Gasteiger partial charge in [-0.3, -0.25) is 9.78 Å². The van der Waals surface area contributed by atoms with Crippen LogP contribution in [-0.4, -0.2) is 20.9 Å². The number of rotatable bonds is 4. The molecule has 1 aromatic heterocycles. The van der Waals surface area contributed by atoms with E-state index in [2.05, 4.69) is 50.0 Å². The fourth-order valence-electron chi connectivity index (χ4n) is 2.39. The largest absolute Gasteiger partial charge is 0.288 e. The average molecular weight is 283 g/mol. The molecule has 1 aliphatic carbocycles. The van der Waals surface area contributed by atoms with Gasteiger partial charge in [0, 0.05) is 11.6 Å². The molecule has 108 valence electrons. The van der Waals surface area contributed by atoms with Crippen molar-refractivity contribution in [2.24, 2.45) is 11.0 Å². The van der Waals surface area contributed by atoms with Gasteiger partial charge in [0.2, 0.25) is 5.95 Å². The molecule has 2 unspecified atom stereocenters. The van der Waals surface area contributed by atoms with Gasteiger partial charge in [-0.25, -0.2) is 5.43 Å². The Kier molecular flexibility index (Phi) is 3.51. The number of nitrogens with one attached hydrogen (secondary N) is 2. The van der Waals surface area contributed by atoms with E-state index in [1.54, 1.807) is 6.92 Å². The normalized spacial score (nSPS) is 21.1. The Bertz CT molecular complexity index is 722. The van der Waals surface area contributed by atoms with E-state index in [4.69, 9.17) is 0 Å². The van der Waals surface area contributed by atoms with Gasteiger partial charge < -0.3 is 0 Å². The molecule has 0 spiro atoms. The minimum Gasteiger partial charge on any atom is -0.288 e. The predicted octanol–water partition coefficient (Wildman–Crippen LogP) is 2.06. The highest BCUT2D eigenvalue weighted by Gasteiger charge is 2.40. The number of hydrazone groups is 1. The van der Waals surface area contributed by atoms with Crippen molar-refractivity contribution in [1.82, 2.24) is 15.2 Å². The molecule has 0 bridgehead atoms. The number of benzene rings is 1. The van der Waals surface area contributed by atoms with Crippen LogP contribution < -0.4 is 11.0 Å². The molecule has 0 saturated heterocycles. The van der Waals surface area contributed by atoms with Crippen LogP contribution in [-0.2, 0) is 0 Å². The van der Waals surface area contributed by atoms with Crippen LogP contribution in [0.4, 0.5) is 5.95 Å². The third-order valence-corrected chi connectivity index (χ3v) is 3.75. The fraction of sp³-hybridized carbons (Fsp3) is 0.333. The highest BCUT2D eigenvalue weighted by Crippen LogP contribution is 2.48. The zero-order chi connectivity index (χ0) is 14.8. The van der Waals surface area contributed by atoms with E-state index in [-0.39, 0.29) is 11.5 Å². The molecule has 6 heteroatoms. The standard InChI is InChI=1S/C15H17N5O/c1-9(12-8-13(12)11-6-4-3-5-7-11)17-19-15-16-14(21)10(2)18-20-15/h3-7,12-13H,8H2,1-2H3,(H2,16,19,20,21)/b17-9+. The molecule has 1 saturated carbocycles. The van der Waals surface area contributed by atoms with E-state index in [1.807, 2.05) is 13.0 Å². The van der Waals surface area contributed by atoms with Crippen molar-refractivity contribution in [3.63, 3.8) is 0 Å². The van der Waals surface area contributed by atoms with Gasteiger partial charge in [-0.05, 0) is 31.7 Å². The maximum atomic E-state index is 11.4. The maximum absolute atomic E-state index is 11.4. The molecule has 0 aliphatic heterocycles. The molecule has 2 N–H and O–H groups in total. The lowest BCUT2D eigenvalue weighted by Gasteiger charge is -2.02. The van der Waals surface area contributed by atoms with Gasteiger partial charge in [-0.2, -0.15) is 5.10 Å². The summed E-state index contributed by atoms with van der Waals surface area (Å²) in [5, 5.41) is 11.9. The molecule has 0 amide bonds. The van der Waals surface area contributed by atoms with Gasteiger partial charge in [-0.1, -0.05) is 30.3 Å². The molecule has 21 heavy (non-hydrogen) atoms. The van der Waals surface area contributed by atoms with Crippen molar-refractivity contribution in [3.8, 4) is 0 Å². The van der Waals surface area contributed by atoms with Gasteiger partial charge in [0.15, 0.2) is 0 Å². The van der Waals surface area contributed by atoms with Crippen LogP contribution in [0.2, 0.25) is 0 Å². The first-order valence-corrected chi connectivity index (χ1v) is 6.94. The number of hydrogen-bond donors (Lipinski definition) is 2. The van der Waals surface area contributed by atoms with Crippen LogP contribution in [0, 0.1) is 12.8 Å². The monoisotopic (exact) mass is 283 g/mol. The number of H-pyrrole nitrogens is 1. The van der Waals surface area contributed by atoms with Crippen LogP contribution in [0.3, 0.4) is 0 Å². The second-order valence-electron chi connectivity index (χ2n) is 5.31. The summed E-state index contributed by atoms with van der Waals surface area (Å²) < 4.78 is 0. The Hall–Kier alpha value is -2.50. The number of nitrogens with zero attached hydrogens (tertiary/aromatic N) is 3. The maximum Gasteiger partial charge on any atom is 0.274 e. The lowest BCUT2D eigenvalue weighted by molar-refractivity contribution is 0.895. The number of hydrogen-bond acceptors (Lipinski definition) is 5. The minimum atomic E-state index is -0.256. The molecule has 1 aromatic carbocycles. The van der Waals surface area contributed by atoms with Gasteiger partial charge in [0.25, 0.3) is 5.56 Å². The Morgan fingerprint density at radius 2 is 2.10 bits per heavy atom. The zero-order valence-corrected chi connectivity index (χ0v) is 12.0. The molecule has 1 aliphatic rings. The molecule has 1 heterocycles. The smallest absolute Gasteiger partial charge is 0.274 e. The van der Waals surface area contributed by atoms with Crippen LogP contribution in [0.15, 0.2) is 40.2 Å². The van der Waals surface area contributed by atoms with Crippen LogP contribution in [0.1, 0.15) is 30.5 Å². The van der Waals surface area contributed by atoms with Crippen molar-refractivity contribution in [3.05, 3.63) is 51.9 Å². The SMILES string of the molecule is C/C(=N\Nc1nnc(C)c(=O)[nH]1)C1CC1c1ccccc1. The van der Waals surface area contributed by atoms with E-state index in [9.17, 15) is 4.79 Å². The highest BCUT2D eigenvalue weighted by atomic mass is 16.1. The van der Waals surface area contributed by atoms with E-state index in [0.29, 0.717) is 17.5 Å². The Morgan fingerprint density at radius 1 is 1.33 bits per heavy atom. The van der Waals surface area contributed by atoms with E-state index in [0.717, 1.165) is 12.1 Å². The first kappa shape index (κ1) is 13.5. The summed E-state index contributed by atoms with van der Waals surface area (Å²) in [6.45, 7) is 3.60. The fourth-order valence-corrected chi connectivity index (χ4v) is 2.39.